The molecule has 0 amide bonds. The Morgan fingerprint density at radius 1 is 0.915 bits per heavy atom. The number of rotatable bonds is 11. The van der Waals surface area contributed by atoms with Gasteiger partial charge in [0.1, 0.15) is 36.1 Å². The van der Waals surface area contributed by atoms with Crippen LogP contribution in [0.2, 0.25) is 0 Å². The smallest absolute Gasteiger partial charge is 0.186 e. The van der Waals surface area contributed by atoms with Crippen molar-refractivity contribution in [1.82, 2.24) is 0 Å². The third-order valence-electron chi connectivity index (χ3n) is 14.3. The molecule has 12 heteroatoms. The predicted molar refractivity (Wildman–Crippen MR) is 170 cm³/mol. The average molecular weight is 675 g/mol. The van der Waals surface area contributed by atoms with Gasteiger partial charge >= 0.3 is 0 Å². The number of aliphatic hydroxyl groups is 9. The van der Waals surface area contributed by atoms with Crippen LogP contribution in [0.25, 0.3) is 0 Å². The van der Waals surface area contributed by atoms with E-state index in [0.29, 0.717) is 44.9 Å². The second-order valence-electron chi connectivity index (χ2n) is 16.8. The van der Waals surface area contributed by atoms with Crippen LogP contribution < -0.4 is 0 Å². The summed E-state index contributed by atoms with van der Waals surface area (Å²) in [6.07, 6.45) is -5.47. The first-order valence-corrected chi connectivity index (χ1v) is 17.8. The maximum atomic E-state index is 12.6. The molecule has 5 aliphatic rings. The SMILES string of the molecule is CO[C@H](CO)C1OC(OCC(O)(CC[C@@H](C)[C@H]2C[C@@H](O)C3[C@@]4(O)C(CC[C@@]32C)[C@@]2(C)CC[C@H](O)CC2[C@@H](O)[C@H]4O)C(C)C)C(O)C1O. The van der Waals surface area contributed by atoms with Gasteiger partial charge in [-0.15, -0.1) is 0 Å². The van der Waals surface area contributed by atoms with Crippen LogP contribution in [0.15, 0.2) is 0 Å². The summed E-state index contributed by atoms with van der Waals surface area (Å²) >= 11 is 0. The lowest BCUT2D eigenvalue weighted by Gasteiger charge is -2.67. The number of hydrogen-bond acceptors (Lipinski definition) is 12. The summed E-state index contributed by atoms with van der Waals surface area (Å²) < 4.78 is 16.7. The first kappa shape index (κ1) is 37.8. The molecule has 1 heterocycles. The molecule has 0 aromatic rings. The normalized spacial score (nSPS) is 50.8. The fourth-order valence-electron chi connectivity index (χ4n) is 11.2. The van der Waals surface area contributed by atoms with Crippen LogP contribution in [0.5, 0.6) is 0 Å². The van der Waals surface area contributed by atoms with E-state index in [-0.39, 0.29) is 36.2 Å². The van der Waals surface area contributed by atoms with Crippen molar-refractivity contribution in [3.8, 4) is 0 Å². The fourth-order valence-corrected chi connectivity index (χ4v) is 11.2. The number of hydrogen-bond donors (Lipinski definition) is 9. The quantitative estimate of drug-likeness (QED) is 0.145. The monoisotopic (exact) mass is 674 g/mol. The van der Waals surface area contributed by atoms with Gasteiger partial charge in [0, 0.05) is 13.0 Å². The fraction of sp³-hybridized carbons (Fsp3) is 1.00. The van der Waals surface area contributed by atoms with Crippen LogP contribution in [-0.4, -0.2) is 133 Å². The molecule has 5 fully saturated rings. The summed E-state index contributed by atoms with van der Waals surface area (Å²) in [6.45, 7) is 9.45. The largest absolute Gasteiger partial charge is 0.394 e. The molecule has 0 bridgehead atoms. The first-order chi connectivity index (χ1) is 21.9. The molecule has 0 spiro atoms. The molecule has 18 atom stereocenters. The molecule has 47 heavy (non-hydrogen) atoms. The Hall–Kier alpha value is -0.480. The zero-order chi connectivity index (χ0) is 34.9. The lowest BCUT2D eigenvalue weighted by molar-refractivity contribution is -0.309. The summed E-state index contributed by atoms with van der Waals surface area (Å²) in [5, 5.41) is 99.9. The van der Waals surface area contributed by atoms with Gasteiger partial charge in [-0.3, -0.25) is 0 Å². The van der Waals surface area contributed by atoms with Crippen molar-refractivity contribution in [2.24, 2.45) is 46.3 Å². The third kappa shape index (κ3) is 6.04. The van der Waals surface area contributed by atoms with E-state index >= 15 is 0 Å². The van der Waals surface area contributed by atoms with Crippen molar-refractivity contribution in [3.05, 3.63) is 0 Å². The van der Waals surface area contributed by atoms with Gasteiger partial charge in [0.25, 0.3) is 0 Å². The van der Waals surface area contributed by atoms with E-state index < -0.39 is 89.7 Å². The Balaban J connectivity index is 1.28. The number of methoxy groups -OCH3 is 1. The van der Waals surface area contributed by atoms with Crippen LogP contribution in [0, 0.1) is 46.3 Å². The van der Waals surface area contributed by atoms with E-state index in [2.05, 4.69) is 20.8 Å². The van der Waals surface area contributed by atoms with Gasteiger partial charge in [0.15, 0.2) is 6.29 Å². The topological polar surface area (TPSA) is 210 Å². The highest BCUT2D eigenvalue weighted by Crippen LogP contribution is 2.69. The molecular formula is C35H62O12. The van der Waals surface area contributed by atoms with E-state index in [1.165, 1.54) is 7.11 Å². The third-order valence-corrected chi connectivity index (χ3v) is 14.3. The highest BCUT2D eigenvalue weighted by atomic mass is 16.7. The zero-order valence-electron chi connectivity index (χ0n) is 29.0. The molecule has 1 saturated heterocycles. The van der Waals surface area contributed by atoms with E-state index in [4.69, 9.17) is 14.2 Å². The second kappa shape index (κ2) is 13.6. The summed E-state index contributed by atoms with van der Waals surface area (Å²) in [5.74, 6) is -1.52. The zero-order valence-corrected chi connectivity index (χ0v) is 29.0. The molecule has 4 saturated carbocycles. The van der Waals surface area contributed by atoms with Gasteiger partial charge in [-0.1, -0.05) is 34.6 Å². The van der Waals surface area contributed by atoms with Crippen LogP contribution in [-0.2, 0) is 14.2 Å². The van der Waals surface area contributed by atoms with E-state index in [1.54, 1.807) is 0 Å². The first-order valence-electron chi connectivity index (χ1n) is 17.8. The van der Waals surface area contributed by atoms with Gasteiger partial charge in [-0.05, 0) is 91.8 Å². The van der Waals surface area contributed by atoms with Gasteiger partial charge in [0.2, 0.25) is 0 Å². The lowest BCUT2D eigenvalue weighted by atomic mass is 9.41. The Labute approximate surface area is 279 Å². The summed E-state index contributed by atoms with van der Waals surface area (Å²) in [5.41, 5.74) is -3.97. The average Bonchev–Trinajstić information content (AvgIpc) is 3.47. The molecule has 0 radical (unpaired) electrons. The molecule has 1 aliphatic heterocycles. The van der Waals surface area contributed by atoms with Crippen molar-refractivity contribution in [1.29, 1.82) is 0 Å². The predicted octanol–water partition coefficient (Wildman–Crippen LogP) is 0.308. The second-order valence-corrected chi connectivity index (χ2v) is 16.8. The van der Waals surface area contributed by atoms with Crippen LogP contribution in [0.1, 0.15) is 86.0 Å². The standard InChI is InChI=1S/C35H62O12/c1-17(2)34(43,16-46-31-27(41)26(40)28(47-31)23(15-36)45-6)12-7-18(3)20-14-22(38)29-33(20,5)11-9-24-32(4)10-8-19(37)13-21(32)25(39)30(42)35(24,29)44/h17-31,36-44H,7-16H2,1-6H3/t18-,19+,20-,21?,22-,23-,24?,25-,26?,27?,28?,29?,30-,31?,32+,33-,34?,35+/m1/s1. The maximum absolute atomic E-state index is 12.6. The molecule has 8 unspecified atom stereocenters. The van der Waals surface area contributed by atoms with E-state index in [0.717, 1.165) is 6.42 Å². The molecule has 0 aromatic heterocycles. The van der Waals surface area contributed by atoms with E-state index in [1.807, 2.05) is 13.8 Å². The highest BCUT2D eigenvalue weighted by Gasteiger charge is 2.73. The molecule has 5 rings (SSSR count). The number of ether oxygens (including phenoxy) is 3. The molecule has 274 valence electrons. The van der Waals surface area contributed by atoms with Crippen molar-refractivity contribution >= 4 is 0 Å². The van der Waals surface area contributed by atoms with Gasteiger partial charge < -0.3 is 60.2 Å². The van der Waals surface area contributed by atoms with E-state index in [9.17, 15) is 46.0 Å². The molecule has 12 nitrogen and oxygen atoms in total. The van der Waals surface area contributed by atoms with Crippen LogP contribution in [0.3, 0.4) is 0 Å². The number of fused-ring (bicyclic) bond motifs is 5. The van der Waals surface area contributed by atoms with Crippen molar-refractivity contribution < 1.29 is 60.2 Å². The minimum absolute atomic E-state index is 0.0202. The van der Waals surface area contributed by atoms with Crippen molar-refractivity contribution in [3.63, 3.8) is 0 Å². The highest BCUT2D eigenvalue weighted by molar-refractivity contribution is 5.23. The Morgan fingerprint density at radius 2 is 1.57 bits per heavy atom. The van der Waals surface area contributed by atoms with Gasteiger partial charge in [0.05, 0.1) is 37.1 Å². The Morgan fingerprint density at radius 3 is 2.19 bits per heavy atom. The summed E-state index contributed by atoms with van der Waals surface area (Å²) in [6, 6.07) is 0. The van der Waals surface area contributed by atoms with Crippen LogP contribution >= 0.6 is 0 Å². The summed E-state index contributed by atoms with van der Waals surface area (Å²) in [7, 11) is 1.37. The molecule has 0 aromatic carbocycles. The van der Waals surface area contributed by atoms with Crippen molar-refractivity contribution in [2.75, 3.05) is 20.3 Å². The van der Waals surface area contributed by atoms with Crippen molar-refractivity contribution in [2.45, 2.75) is 152 Å². The Bertz CT molecular complexity index is 1080. The molecular weight excluding hydrogens is 612 g/mol. The summed E-state index contributed by atoms with van der Waals surface area (Å²) in [4.78, 5) is 0. The lowest BCUT2D eigenvalue weighted by Crippen LogP contribution is -2.75. The molecule has 9 N–H and O–H groups in total. The van der Waals surface area contributed by atoms with Gasteiger partial charge in [-0.25, -0.2) is 0 Å². The minimum Gasteiger partial charge on any atom is -0.394 e. The van der Waals surface area contributed by atoms with Crippen LogP contribution in [0.4, 0.5) is 0 Å². The Kier molecular flexibility index (Phi) is 10.9. The van der Waals surface area contributed by atoms with Gasteiger partial charge in [-0.2, -0.15) is 0 Å². The minimum atomic E-state index is -1.68. The number of aliphatic hydroxyl groups excluding tert-OH is 7. The maximum Gasteiger partial charge on any atom is 0.186 e. The molecule has 4 aliphatic carbocycles.